The zero-order chi connectivity index (χ0) is 22.5. The predicted molar refractivity (Wildman–Crippen MR) is 126 cm³/mol. The number of thioether (sulfide) groups is 1. The smallest absolute Gasteiger partial charge is 0.250 e. The second-order valence-electron chi connectivity index (χ2n) is 7.01. The molecule has 0 atom stereocenters. The van der Waals surface area contributed by atoms with Crippen LogP contribution in [0.2, 0.25) is 5.02 Å². The number of nitrogens with one attached hydrogen (secondary N) is 1. The number of hydrogen-bond acceptors (Lipinski definition) is 6. The van der Waals surface area contributed by atoms with Crippen LogP contribution in [0.15, 0.2) is 75.3 Å². The number of aromatic nitrogens is 3. The van der Waals surface area contributed by atoms with Crippen molar-refractivity contribution in [3.63, 3.8) is 0 Å². The van der Waals surface area contributed by atoms with Gasteiger partial charge in [-0.3, -0.25) is 9.36 Å². The Morgan fingerprint density at radius 1 is 1.09 bits per heavy atom. The molecule has 0 spiro atoms. The summed E-state index contributed by atoms with van der Waals surface area (Å²) in [4.78, 5) is 12.3. The predicted octanol–water partition coefficient (Wildman–Crippen LogP) is 5.04. The molecule has 2 heterocycles. The summed E-state index contributed by atoms with van der Waals surface area (Å²) in [5.41, 5.74) is 5.43. The number of aryl methyl sites for hydroxylation is 2. The van der Waals surface area contributed by atoms with E-state index in [9.17, 15) is 4.79 Å². The number of hydrazone groups is 1. The molecule has 0 saturated carbocycles. The van der Waals surface area contributed by atoms with E-state index in [0.29, 0.717) is 21.8 Å². The van der Waals surface area contributed by atoms with Gasteiger partial charge in [-0.2, -0.15) is 5.10 Å². The van der Waals surface area contributed by atoms with Crippen molar-refractivity contribution in [2.24, 2.45) is 5.10 Å². The Balaban J connectivity index is 1.52. The van der Waals surface area contributed by atoms with E-state index < -0.39 is 0 Å². The molecule has 0 aliphatic carbocycles. The molecule has 0 saturated heterocycles. The lowest BCUT2D eigenvalue weighted by Crippen LogP contribution is -2.19. The molecule has 32 heavy (non-hydrogen) atoms. The maximum absolute atomic E-state index is 12.3. The highest BCUT2D eigenvalue weighted by Crippen LogP contribution is 2.28. The van der Waals surface area contributed by atoms with Crippen molar-refractivity contribution in [2.45, 2.75) is 19.0 Å². The van der Waals surface area contributed by atoms with Gasteiger partial charge in [-0.15, -0.1) is 10.2 Å². The number of nitrogens with zero attached hydrogens (tertiary/aromatic N) is 4. The van der Waals surface area contributed by atoms with Gasteiger partial charge in [0, 0.05) is 16.3 Å². The summed E-state index contributed by atoms with van der Waals surface area (Å²) in [7, 11) is 0. The van der Waals surface area contributed by atoms with E-state index in [4.69, 9.17) is 16.0 Å². The molecule has 9 heteroatoms. The molecule has 162 valence electrons. The quantitative estimate of drug-likeness (QED) is 0.235. The molecule has 0 bridgehead atoms. The van der Waals surface area contributed by atoms with E-state index >= 15 is 0 Å². The molecule has 0 unspecified atom stereocenters. The maximum Gasteiger partial charge on any atom is 0.250 e. The molecule has 0 fully saturated rings. The Labute approximate surface area is 194 Å². The fraction of sp³-hybridized carbons (Fsp3) is 0.130. The molecular formula is C23H20ClN5O2S. The van der Waals surface area contributed by atoms with Gasteiger partial charge in [0.15, 0.2) is 11.0 Å². The van der Waals surface area contributed by atoms with E-state index in [0.717, 1.165) is 22.6 Å². The van der Waals surface area contributed by atoms with Crippen molar-refractivity contribution in [2.75, 3.05) is 5.75 Å². The van der Waals surface area contributed by atoms with Crippen LogP contribution in [-0.2, 0) is 4.79 Å². The van der Waals surface area contributed by atoms with Crippen LogP contribution >= 0.6 is 23.4 Å². The Morgan fingerprint density at radius 3 is 2.53 bits per heavy atom. The van der Waals surface area contributed by atoms with E-state index in [1.807, 2.05) is 73.0 Å². The topological polar surface area (TPSA) is 85.3 Å². The van der Waals surface area contributed by atoms with Crippen molar-refractivity contribution in [3.8, 4) is 17.1 Å². The van der Waals surface area contributed by atoms with Gasteiger partial charge in [0.1, 0.15) is 11.5 Å². The largest absolute Gasteiger partial charge is 0.460 e. The summed E-state index contributed by atoms with van der Waals surface area (Å²) in [6, 6.07) is 19.0. The molecule has 0 aliphatic rings. The third kappa shape index (κ3) is 5.27. The first kappa shape index (κ1) is 21.9. The fourth-order valence-corrected chi connectivity index (χ4v) is 3.80. The summed E-state index contributed by atoms with van der Waals surface area (Å²) in [6.45, 7) is 3.87. The van der Waals surface area contributed by atoms with Crippen molar-refractivity contribution >= 4 is 35.5 Å². The van der Waals surface area contributed by atoms with E-state index in [1.54, 1.807) is 6.07 Å². The Kier molecular flexibility index (Phi) is 6.72. The highest BCUT2D eigenvalue weighted by molar-refractivity contribution is 7.99. The summed E-state index contributed by atoms with van der Waals surface area (Å²) in [6.07, 6.45) is 1.46. The van der Waals surface area contributed by atoms with Gasteiger partial charge < -0.3 is 4.42 Å². The number of amides is 1. The molecule has 4 aromatic rings. The molecule has 2 aromatic heterocycles. The third-order valence-corrected chi connectivity index (χ3v) is 5.68. The highest BCUT2D eigenvalue weighted by Gasteiger charge is 2.17. The van der Waals surface area contributed by atoms with E-state index in [2.05, 4.69) is 20.7 Å². The van der Waals surface area contributed by atoms with Crippen LogP contribution in [0.3, 0.4) is 0 Å². The molecule has 2 aromatic carbocycles. The first-order valence-corrected chi connectivity index (χ1v) is 11.2. The number of carbonyl (C=O) groups excluding carboxylic acids is 1. The zero-order valence-electron chi connectivity index (χ0n) is 17.4. The van der Waals surface area contributed by atoms with Gasteiger partial charge in [0.2, 0.25) is 0 Å². The summed E-state index contributed by atoms with van der Waals surface area (Å²) in [5, 5.41) is 13.9. The van der Waals surface area contributed by atoms with E-state index in [1.165, 1.54) is 18.0 Å². The first-order valence-electron chi connectivity index (χ1n) is 9.79. The minimum absolute atomic E-state index is 0.119. The Morgan fingerprint density at radius 2 is 1.84 bits per heavy atom. The van der Waals surface area contributed by atoms with Crippen LogP contribution in [0, 0.1) is 13.8 Å². The van der Waals surface area contributed by atoms with Gasteiger partial charge in [-0.25, -0.2) is 5.43 Å². The minimum atomic E-state index is -0.267. The maximum atomic E-state index is 12.3. The Bertz CT molecular complexity index is 1250. The molecule has 7 nitrogen and oxygen atoms in total. The average Bonchev–Trinajstić information content (AvgIpc) is 3.39. The lowest BCUT2D eigenvalue weighted by molar-refractivity contribution is -0.118. The second kappa shape index (κ2) is 9.84. The lowest BCUT2D eigenvalue weighted by Gasteiger charge is -2.10. The number of carbonyl (C=O) groups is 1. The molecule has 0 aliphatic heterocycles. The van der Waals surface area contributed by atoms with Crippen molar-refractivity contribution in [3.05, 3.63) is 82.8 Å². The molecular weight excluding hydrogens is 446 g/mol. The van der Waals surface area contributed by atoms with E-state index in [-0.39, 0.29) is 11.7 Å². The van der Waals surface area contributed by atoms with Crippen LogP contribution in [0.1, 0.15) is 17.1 Å². The number of hydrogen-bond donors (Lipinski definition) is 1. The minimum Gasteiger partial charge on any atom is -0.460 e. The SMILES string of the molecule is Cc1ccc(-c2nnc(SCC(=O)NN=Cc3ccc(C)o3)n2-c2ccc(Cl)cc2)cc1. The van der Waals surface area contributed by atoms with Crippen molar-refractivity contribution in [1.29, 1.82) is 0 Å². The number of benzene rings is 2. The van der Waals surface area contributed by atoms with Gasteiger partial charge >= 0.3 is 0 Å². The summed E-state index contributed by atoms with van der Waals surface area (Å²) < 4.78 is 7.29. The standard InChI is InChI=1S/C23H20ClN5O2S/c1-15-3-6-17(7-4-15)22-27-28-23(29(22)19-10-8-18(24)9-11-19)32-14-21(30)26-25-13-20-12-5-16(2)31-20/h3-13H,14H2,1-2H3,(H,26,30). The average molecular weight is 466 g/mol. The first-order chi connectivity index (χ1) is 15.5. The van der Waals surface area contributed by atoms with Gasteiger partial charge in [-0.1, -0.05) is 53.2 Å². The fourth-order valence-electron chi connectivity index (χ4n) is 2.93. The van der Waals surface area contributed by atoms with Crippen LogP contribution in [0.4, 0.5) is 0 Å². The van der Waals surface area contributed by atoms with Gasteiger partial charge in [0.25, 0.3) is 5.91 Å². The van der Waals surface area contributed by atoms with Crippen LogP contribution in [0.5, 0.6) is 0 Å². The summed E-state index contributed by atoms with van der Waals surface area (Å²) >= 11 is 7.34. The number of furan rings is 1. The molecule has 4 rings (SSSR count). The lowest BCUT2D eigenvalue weighted by atomic mass is 10.1. The normalized spacial score (nSPS) is 11.2. The number of halogens is 1. The van der Waals surface area contributed by atoms with Crippen molar-refractivity contribution in [1.82, 2.24) is 20.2 Å². The summed E-state index contributed by atoms with van der Waals surface area (Å²) in [5.74, 6) is 1.88. The monoisotopic (exact) mass is 465 g/mol. The van der Waals surface area contributed by atoms with Crippen LogP contribution in [-0.4, -0.2) is 32.6 Å². The molecule has 0 radical (unpaired) electrons. The number of rotatable bonds is 7. The highest BCUT2D eigenvalue weighted by atomic mass is 35.5. The molecule has 1 amide bonds. The Hall–Kier alpha value is -3.36. The molecule has 1 N–H and O–H groups in total. The van der Waals surface area contributed by atoms with Crippen molar-refractivity contribution < 1.29 is 9.21 Å². The van der Waals surface area contributed by atoms with Gasteiger partial charge in [-0.05, 0) is 50.2 Å². The third-order valence-electron chi connectivity index (χ3n) is 4.50. The van der Waals surface area contributed by atoms with Crippen LogP contribution in [0.25, 0.3) is 17.1 Å². The second-order valence-corrected chi connectivity index (χ2v) is 8.39. The van der Waals surface area contributed by atoms with Gasteiger partial charge in [0.05, 0.1) is 12.0 Å². The van der Waals surface area contributed by atoms with Crippen LogP contribution < -0.4 is 5.43 Å². The zero-order valence-corrected chi connectivity index (χ0v) is 19.0.